The summed E-state index contributed by atoms with van der Waals surface area (Å²) in [6, 6.07) is 4.40. The van der Waals surface area contributed by atoms with Gasteiger partial charge in [-0.1, -0.05) is 0 Å². The third-order valence-electron chi connectivity index (χ3n) is 1.91. The van der Waals surface area contributed by atoms with E-state index in [1.807, 2.05) is 0 Å². The Kier molecular flexibility index (Phi) is 2.08. The molecule has 2 aromatic rings. The lowest BCUT2D eigenvalue weighted by atomic mass is 10.2. The van der Waals surface area contributed by atoms with Gasteiger partial charge in [0.25, 0.3) is 0 Å². The van der Waals surface area contributed by atoms with E-state index in [1.54, 1.807) is 11.4 Å². The van der Waals surface area contributed by atoms with Crippen molar-refractivity contribution < 1.29 is 12.8 Å². The van der Waals surface area contributed by atoms with Gasteiger partial charge in [0.2, 0.25) is 0 Å². The van der Waals surface area contributed by atoms with E-state index in [2.05, 4.69) is 0 Å². The van der Waals surface area contributed by atoms with Crippen molar-refractivity contribution in [1.29, 1.82) is 0 Å². The van der Waals surface area contributed by atoms with Crippen LogP contribution in [0.5, 0.6) is 0 Å². The van der Waals surface area contributed by atoms with E-state index in [-0.39, 0.29) is 4.90 Å². The van der Waals surface area contributed by atoms with E-state index in [9.17, 15) is 12.8 Å². The van der Waals surface area contributed by atoms with E-state index >= 15 is 0 Å². The van der Waals surface area contributed by atoms with E-state index in [4.69, 9.17) is 0 Å². The van der Waals surface area contributed by atoms with E-state index in [0.717, 1.165) is 16.3 Å². The van der Waals surface area contributed by atoms with Crippen LogP contribution in [0.25, 0.3) is 10.1 Å². The van der Waals surface area contributed by atoms with Crippen molar-refractivity contribution in [3.05, 3.63) is 29.4 Å². The minimum atomic E-state index is -3.47. The minimum Gasteiger partial charge on any atom is -0.224 e. The maximum Gasteiger partial charge on any atom is 0.178 e. The summed E-state index contributed by atoms with van der Waals surface area (Å²) in [4.78, 5) is -0.233. The van der Waals surface area contributed by atoms with Crippen LogP contribution < -0.4 is 0 Å². The Hall–Kier alpha value is -0.940. The van der Waals surface area contributed by atoms with Crippen LogP contribution in [0.3, 0.4) is 0 Å². The molecule has 1 aromatic carbocycles. The highest BCUT2D eigenvalue weighted by Gasteiger charge is 2.14. The van der Waals surface area contributed by atoms with Gasteiger partial charge in [0.1, 0.15) is 10.7 Å². The number of hydrogen-bond acceptors (Lipinski definition) is 3. The molecule has 0 fully saturated rings. The molecule has 0 aliphatic heterocycles. The molecule has 2 rings (SSSR count). The molecule has 0 atom stereocenters. The molecule has 14 heavy (non-hydrogen) atoms. The highest BCUT2D eigenvalue weighted by atomic mass is 32.2. The first kappa shape index (κ1) is 9.61. The first-order chi connectivity index (χ1) is 6.48. The second-order valence-corrected chi connectivity index (χ2v) is 5.95. The lowest BCUT2D eigenvalue weighted by Gasteiger charge is -2.00. The SMILES string of the molecule is CS(=O)(=O)c1cc2ccsc2cc1F. The van der Waals surface area contributed by atoms with Crippen LogP contribution in [0.2, 0.25) is 0 Å². The van der Waals surface area contributed by atoms with Gasteiger partial charge in [-0.3, -0.25) is 0 Å². The van der Waals surface area contributed by atoms with Crippen LogP contribution >= 0.6 is 11.3 Å². The number of hydrogen-bond donors (Lipinski definition) is 0. The number of rotatable bonds is 1. The van der Waals surface area contributed by atoms with Gasteiger partial charge in [0, 0.05) is 11.0 Å². The molecule has 1 heterocycles. The molecule has 1 aromatic heterocycles. The van der Waals surface area contributed by atoms with Gasteiger partial charge >= 0.3 is 0 Å². The fraction of sp³-hybridized carbons (Fsp3) is 0.111. The molecule has 0 unspecified atom stereocenters. The van der Waals surface area contributed by atoms with Gasteiger partial charge < -0.3 is 0 Å². The number of thiophene rings is 1. The van der Waals surface area contributed by atoms with Crippen molar-refractivity contribution >= 4 is 31.3 Å². The summed E-state index contributed by atoms with van der Waals surface area (Å²) in [5, 5.41) is 2.56. The number of halogens is 1. The second-order valence-electron chi connectivity index (χ2n) is 3.01. The van der Waals surface area contributed by atoms with Crippen LogP contribution in [0.4, 0.5) is 4.39 Å². The maximum atomic E-state index is 13.3. The van der Waals surface area contributed by atoms with Gasteiger partial charge in [-0.25, -0.2) is 12.8 Å². The zero-order valence-corrected chi connectivity index (χ0v) is 8.95. The van der Waals surface area contributed by atoms with Gasteiger partial charge in [-0.15, -0.1) is 11.3 Å². The minimum absolute atomic E-state index is 0.233. The highest BCUT2D eigenvalue weighted by Crippen LogP contribution is 2.26. The summed E-state index contributed by atoms with van der Waals surface area (Å²) in [5.74, 6) is -0.678. The Balaban J connectivity index is 2.84. The molecule has 2 nitrogen and oxygen atoms in total. The highest BCUT2D eigenvalue weighted by molar-refractivity contribution is 7.90. The molecule has 0 spiro atoms. The average Bonchev–Trinajstić information content (AvgIpc) is 2.47. The van der Waals surface area contributed by atoms with Crippen LogP contribution in [0.15, 0.2) is 28.5 Å². The van der Waals surface area contributed by atoms with Crippen LogP contribution in [-0.4, -0.2) is 14.7 Å². The molecule has 0 saturated carbocycles. The Morgan fingerprint density at radius 3 is 2.71 bits per heavy atom. The molecule has 0 radical (unpaired) electrons. The quantitative estimate of drug-likeness (QED) is 0.754. The number of fused-ring (bicyclic) bond motifs is 1. The molecule has 0 amide bonds. The molecule has 5 heteroatoms. The van der Waals surface area contributed by atoms with Crippen LogP contribution in [0.1, 0.15) is 0 Å². The van der Waals surface area contributed by atoms with Gasteiger partial charge in [-0.05, 0) is 29.0 Å². The molecular formula is C9H7FO2S2. The Bertz CT molecular complexity index is 584. The van der Waals surface area contributed by atoms with Gasteiger partial charge in [0.15, 0.2) is 9.84 Å². The fourth-order valence-corrected chi connectivity index (χ4v) is 2.80. The molecule has 0 aliphatic rings. The van der Waals surface area contributed by atoms with E-state index in [1.165, 1.54) is 23.5 Å². The summed E-state index contributed by atoms with van der Waals surface area (Å²) >= 11 is 1.39. The van der Waals surface area contributed by atoms with Crippen molar-refractivity contribution in [2.24, 2.45) is 0 Å². The normalized spacial score (nSPS) is 12.1. The molecule has 74 valence electrons. The molecule has 0 N–H and O–H groups in total. The summed E-state index contributed by atoms with van der Waals surface area (Å²) in [5.41, 5.74) is 0. The topological polar surface area (TPSA) is 34.1 Å². The van der Waals surface area contributed by atoms with E-state index in [0.29, 0.717) is 0 Å². The standard InChI is InChI=1S/C9H7FO2S2/c1-14(11,12)9-4-6-2-3-13-8(6)5-7(9)10/h2-5H,1H3. The van der Waals surface area contributed by atoms with Crippen LogP contribution in [0, 0.1) is 5.82 Å². The monoisotopic (exact) mass is 230 g/mol. The summed E-state index contributed by atoms with van der Waals surface area (Å²) < 4.78 is 36.4. The maximum absolute atomic E-state index is 13.3. The third kappa shape index (κ3) is 1.53. The largest absolute Gasteiger partial charge is 0.224 e. The van der Waals surface area contributed by atoms with E-state index < -0.39 is 15.7 Å². The van der Waals surface area contributed by atoms with Crippen molar-refractivity contribution in [2.45, 2.75) is 4.90 Å². The first-order valence-electron chi connectivity index (χ1n) is 3.85. The van der Waals surface area contributed by atoms with Crippen molar-refractivity contribution in [3.63, 3.8) is 0 Å². The van der Waals surface area contributed by atoms with Crippen LogP contribution in [-0.2, 0) is 9.84 Å². The Morgan fingerprint density at radius 1 is 1.36 bits per heavy atom. The number of benzene rings is 1. The summed E-state index contributed by atoms with van der Waals surface area (Å²) in [7, 11) is -3.47. The fourth-order valence-electron chi connectivity index (χ4n) is 1.25. The van der Waals surface area contributed by atoms with Crippen molar-refractivity contribution in [1.82, 2.24) is 0 Å². The van der Waals surface area contributed by atoms with Crippen molar-refractivity contribution in [2.75, 3.05) is 6.26 Å². The Labute approximate surface area is 84.9 Å². The van der Waals surface area contributed by atoms with Gasteiger partial charge in [0.05, 0.1) is 0 Å². The molecule has 0 aliphatic carbocycles. The summed E-state index contributed by atoms with van der Waals surface area (Å²) in [6.45, 7) is 0. The third-order valence-corrected chi connectivity index (χ3v) is 3.90. The number of sulfone groups is 1. The first-order valence-corrected chi connectivity index (χ1v) is 6.62. The summed E-state index contributed by atoms with van der Waals surface area (Å²) in [6.07, 6.45) is 1.00. The smallest absolute Gasteiger partial charge is 0.178 e. The molecule has 0 saturated heterocycles. The van der Waals surface area contributed by atoms with Crippen molar-refractivity contribution in [3.8, 4) is 0 Å². The predicted molar refractivity (Wildman–Crippen MR) is 54.9 cm³/mol. The van der Waals surface area contributed by atoms with Gasteiger partial charge in [-0.2, -0.15) is 0 Å². The zero-order chi connectivity index (χ0) is 10.3. The second kappa shape index (κ2) is 3.03. The zero-order valence-electron chi connectivity index (χ0n) is 7.32. The Morgan fingerprint density at radius 2 is 2.07 bits per heavy atom. The lowest BCUT2D eigenvalue weighted by Crippen LogP contribution is -1.99. The lowest BCUT2D eigenvalue weighted by molar-refractivity contribution is 0.572. The predicted octanol–water partition coefficient (Wildman–Crippen LogP) is 2.44. The molecule has 0 bridgehead atoms. The molecular weight excluding hydrogens is 223 g/mol. The average molecular weight is 230 g/mol.